The van der Waals surface area contributed by atoms with Crippen LogP contribution >= 0.6 is 7.82 Å². The molecular formula is C30H53O10P. The fourth-order valence-corrected chi connectivity index (χ4v) is 4.32. The van der Waals surface area contributed by atoms with Crippen LogP contribution in [-0.4, -0.2) is 65.7 Å². The van der Waals surface area contributed by atoms with E-state index in [1.807, 2.05) is 0 Å². The van der Waals surface area contributed by atoms with Crippen LogP contribution in [-0.2, 0) is 32.7 Å². The van der Waals surface area contributed by atoms with Crippen molar-refractivity contribution in [2.24, 2.45) is 0 Å². The number of allylic oxidation sites excluding steroid dienone is 6. The Balaban J connectivity index is 4.13. The predicted molar refractivity (Wildman–Crippen MR) is 159 cm³/mol. The van der Waals surface area contributed by atoms with E-state index in [0.717, 1.165) is 64.2 Å². The van der Waals surface area contributed by atoms with Crippen LogP contribution < -0.4 is 0 Å². The first kappa shape index (κ1) is 39.2. The minimum absolute atomic E-state index is 0.156. The van der Waals surface area contributed by atoms with Gasteiger partial charge in [-0.2, -0.15) is 0 Å². The summed E-state index contributed by atoms with van der Waals surface area (Å²) in [6.45, 7) is 1.89. The lowest BCUT2D eigenvalue weighted by Crippen LogP contribution is -2.28. The molecule has 0 aromatic carbocycles. The number of phosphoric ester groups is 1. The molecule has 0 aliphatic carbocycles. The molecule has 238 valence electrons. The average Bonchev–Trinajstić information content (AvgIpc) is 2.95. The van der Waals surface area contributed by atoms with E-state index in [4.69, 9.17) is 18.5 Å². The molecule has 11 heteroatoms. The van der Waals surface area contributed by atoms with Gasteiger partial charge in [-0.3, -0.25) is 18.6 Å². The van der Waals surface area contributed by atoms with Gasteiger partial charge in [-0.1, -0.05) is 82.4 Å². The number of hydrogen-bond acceptors (Lipinski definition) is 9. The molecule has 0 aliphatic rings. The first-order valence-electron chi connectivity index (χ1n) is 14.9. The molecule has 0 radical (unpaired) electrons. The lowest BCUT2D eigenvalue weighted by Gasteiger charge is -2.20. The van der Waals surface area contributed by atoms with Crippen LogP contribution in [0.3, 0.4) is 0 Å². The van der Waals surface area contributed by atoms with Gasteiger partial charge in [0, 0.05) is 12.8 Å². The van der Waals surface area contributed by atoms with Crippen molar-refractivity contribution < 1.29 is 47.8 Å². The van der Waals surface area contributed by atoms with E-state index in [1.54, 1.807) is 0 Å². The summed E-state index contributed by atoms with van der Waals surface area (Å²) >= 11 is 0. The van der Waals surface area contributed by atoms with Crippen molar-refractivity contribution in [2.75, 3.05) is 26.4 Å². The molecule has 41 heavy (non-hydrogen) atoms. The monoisotopic (exact) mass is 604 g/mol. The molecule has 10 nitrogen and oxygen atoms in total. The minimum Gasteiger partial charge on any atom is -0.457 e. The van der Waals surface area contributed by atoms with Gasteiger partial charge >= 0.3 is 19.8 Å². The molecule has 0 heterocycles. The second-order valence-electron chi connectivity index (χ2n) is 9.71. The molecular weight excluding hydrogens is 551 g/mol. The molecule has 0 saturated carbocycles. The molecule has 0 saturated heterocycles. The number of aliphatic hydroxyl groups is 2. The largest absolute Gasteiger partial charge is 0.472 e. The first-order chi connectivity index (χ1) is 19.8. The molecule has 3 N–H and O–H groups in total. The van der Waals surface area contributed by atoms with Crippen LogP contribution in [0.2, 0.25) is 0 Å². The molecule has 3 unspecified atom stereocenters. The topological polar surface area (TPSA) is 149 Å². The molecule has 0 aromatic rings. The first-order valence-corrected chi connectivity index (χ1v) is 16.4. The molecule has 0 bridgehead atoms. The Bertz CT molecular complexity index is 796. The molecule has 0 amide bonds. The zero-order valence-electron chi connectivity index (χ0n) is 25.0. The van der Waals surface area contributed by atoms with Gasteiger partial charge in [-0.05, 0) is 44.9 Å². The number of carbonyl (C=O) groups excluding carboxylic acids is 2. The zero-order chi connectivity index (χ0) is 30.6. The van der Waals surface area contributed by atoms with Gasteiger partial charge in [-0.25, -0.2) is 4.57 Å². The van der Waals surface area contributed by atoms with E-state index in [1.165, 1.54) is 0 Å². The molecule has 0 fully saturated rings. The second-order valence-corrected chi connectivity index (χ2v) is 11.2. The van der Waals surface area contributed by atoms with Crippen LogP contribution in [0.1, 0.15) is 104 Å². The maximum Gasteiger partial charge on any atom is 0.472 e. The average molecular weight is 605 g/mol. The van der Waals surface area contributed by atoms with E-state index >= 15 is 0 Å². The van der Waals surface area contributed by atoms with Gasteiger partial charge in [0.05, 0.1) is 26.4 Å². The van der Waals surface area contributed by atoms with Crippen molar-refractivity contribution in [3.8, 4) is 0 Å². The Labute approximate surface area is 246 Å². The van der Waals surface area contributed by atoms with Crippen molar-refractivity contribution in [1.82, 2.24) is 0 Å². The summed E-state index contributed by atoms with van der Waals surface area (Å²) in [6, 6.07) is 0. The highest BCUT2D eigenvalue weighted by atomic mass is 31.2. The summed E-state index contributed by atoms with van der Waals surface area (Å²) in [5.74, 6) is -1.07. The van der Waals surface area contributed by atoms with Crippen molar-refractivity contribution in [2.45, 2.75) is 116 Å². The van der Waals surface area contributed by atoms with E-state index in [-0.39, 0.29) is 12.8 Å². The third kappa shape index (κ3) is 25.6. The number of carbonyl (C=O) groups is 2. The zero-order valence-corrected chi connectivity index (χ0v) is 25.9. The molecule has 0 spiro atoms. The minimum atomic E-state index is -4.62. The number of hydrogen-bond donors (Lipinski definition) is 3. The van der Waals surface area contributed by atoms with E-state index in [2.05, 4.69) is 50.3 Å². The summed E-state index contributed by atoms with van der Waals surface area (Å²) in [7, 11) is -4.62. The lowest BCUT2D eigenvalue weighted by atomic mass is 10.1. The summed E-state index contributed by atoms with van der Waals surface area (Å²) < 4.78 is 32.0. The van der Waals surface area contributed by atoms with Gasteiger partial charge in [0.2, 0.25) is 0 Å². The summed E-state index contributed by atoms with van der Waals surface area (Å²) in [4.78, 5) is 33.9. The van der Waals surface area contributed by atoms with Crippen LogP contribution in [0.5, 0.6) is 0 Å². The molecule has 3 atom stereocenters. The smallest absolute Gasteiger partial charge is 0.457 e. The number of rotatable bonds is 27. The van der Waals surface area contributed by atoms with Crippen LogP contribution in [0, 0.1) is 0 Å². The quantitative estimate of drug-likeness (QED) is 0.0435. The number of esters is 2. The van der Waals surface area contributed by atoms with E-state index in [0.29, 0.717) is 12.8 Å². The number of ether oxygens (including phenoxy) is 2. The lowest BCUT2D eigenvalue weighted by molar-refractivity contribution is -0.153. The Hall–Kier alpha value is -1.81. The summed E-state index contributed by atoms with van der Waals surface area (Å²) in [5.41, 5.74) is 0. The van der Waals surface area contributed by atoms with Crippen molar-refractivity contribution in [3.05, 3.63) is 36.5 Å². The van der Waals surface area contributed by atoms with Gasteiger partial charge in [-0.15, -0.1) is 0 Å². The van der Waals surface area contributed by atoms with Crippen LogP contribution in [0.4, 0.5) is 0 Å². The summed E-state index contributed by atoms with van der Waals surface area (Å²) in [6.07, 6.45) is 21.9. The Morgan fingerprint density at radius 3 is 1.63 bits per heavy atom. The van der Waals surface area contributed by atoms with Crippen LogP contribution in [0.25, 0.3) is 0 Å². The Morgan fingerprint density at radius 2 is 1.15 bits per heavy atom. The van der Waals surface area contributed by atoms with Gasteiger partial charge in [0.1, 0.15) is 12.2 Å². The molecule has 0 aromatic heterocycles. The fraction of sp³-hybridized carbons (Fsp3) is 0.733. The standard InChI is InChI=1S/C30H53O10P/c1-3-5-7-9-10-11-12-13-14-15-16-18-20-22-30(34)40-28(24-32)26-38-41(35,36)37-25-27(23-31)39-29(33)21-19-17-8-6-4-2/h5,7,10-11,13-14,27-28,31-32H,3-4,6,8-9,12,15-26H2,1-2H3,(H,35,36)/b7-5-,11-10-,14-13-. The van der Waals surface area contributed by atoms with Gasteiger partial charge < -0.3 is 24.6 Å². The van der Waals surface area contributed by atoms with Crippen molar-refractivity contribution in [3.63, 3.8) is 0 Å². The molecule has 0 rings (SSSR count). The van der Waals surface area contributed by atoms with Crippen molar-refractivity contribution >= 4 is 19.8 Å². The highest BCUT2D eigenvalue weighted by molar-refractivity contribution is 7.47. The van der Waals surface area contributed by atoms with Gasteiger partial charge in [0.15, 0.2) is 0 Å². The van der Waals surface area contributed by atoms with E-state index in [9.17, 15) is 29.3 Å². The SMILES string of the molecule is CC/C=C\C/C=C\C/C=C\CCCCCC(=O)OC(CO)COP(=O)(O)OCC(CO)OC(=O)CCCCCCC. The Morgan fingerprint density at radius 1 is 0.683 bits per heavy atom. The number of phosphoric acid groups is 1. The summed E-state index contributed by atoms with van der Waals surface area (Å²) in [5, 5.41) is 18.8. The molecule has 0 aliphatic heterocycles. The maximum atomic E-state index is 12.2. The third-order valence-corrected chi connectivity index (χ3v) is 6.82. The van der Waals surface area contributed by atoms with Crippen molar-refractivity contribution in [1.29, 1.82) is 0 Å². The Kier molecular flexibility index (Phi) is 25.9. The van der Waals surface area contributed by atoms with Gasteiger partial charge in [0.25, 0.3) is 0 Å². The fourth-order valence-electron chi connectivity index (χ4n) is 3.54. The third-order valence-electron chi connectivity index (χ3n) is 5.87. The van der Waals surface area contributed by atoms with Crippen LogP contribution in [0.15, 0.2) is 36.5 Å². The predicted octanol–water partition coefficient (Wildman–Crippen LogP) is 6.10. The van der Waals surface area contributed by atoms with E-state index < -0.39 is 58.4 Å². The number of unbranched alkanes of at least 4 members (excludes halogenated alkanes) is 7. The maximum absolute atomic E-state index is 12.2. The highest BCUT2D eigenvalue weighted by Gasteiger charge is 2.27. The highest BCUT2D eigenvalue weighted by Crippen LogP contribution is 2.43. The normalized spacial score (nSPS) is 15.0. The second kappa shape index (κ2) is 27.0. The number of aliphatic hydroxyl groups excluding tert-OH is 2.